The van der Waals surface area contributed by atoms with Crippen molar-refractivity contribution in [2.75, 3.05) is 20.3 Å². The quantitative estimate of drug-likeness (QED) is 0.177. The molecule has 34 heavy (non-hydrogen) atoms. The van der Waals surface area contributed by atoms with E-state index in [-0.39, 0.29) is 13.0 Å². The van der Waals surface area contributed by atoms with E-state index >= 15 is 0 Å². The Morgan fingerprint density at radius 1 is 1.03 bits per heavy atom. The number of ether oxygens (including phenoxy) is 2. The normalized spacial score (nSPS) is 12.8. The van der Waals surface area contributed by atoms with Crippen LogP contribution >= 0.6 is 11.3 Å². The summed E-state index contributed by atoms with van der Waals surface area (Å²) in [5, 5.41) is 2.66. The fourth-order valence-corrected chi connectivity index (χ4v) is 11.2. The van der Waals surface area contributed by atoms with Gasteiger partial charge in [0, 0.05) is 24.0 Å². The van der Waals surface area contributed by atoms with Crippen LogP contribution in [0.15, 0.2) is 29.6 Å². The van der Waals surface area contributed by atoms with Crippen molar-refractivity contribution in [3.05, 3.63) is 35.3 Å². The van der Waals surface area contributed by atoms with Crippen molar-refractivity contribution in [2.45, 2.75) is 90.0 Å². The molecule has 1 aromatic carbocycles. The fourth-order valence-electron chi connectivity index (χ4n) is 4.87. The van der Waals surface area contributed by atoms with E-state index in [0.29, 0.717) is 41.8 Å². The molecule has 0 atom stereocenters. The van der Waals surface area contributed by atoms with Crippen LogP contribution in [0.25, 0.3) is 10.6 Å². The van der Waals surface area contributed by atoms with Gasteiger partial charge in [-0.1, -0.05) is 53.7 Å². The number of unbranched alkanes of at least 4 members (excludes halogenated alkanes) is 1. The molecule has 4 nitrogen and oxygen atoms in total. The molecule has 0 amide bonds. The molecule has 0 aliphatic rings. The molecule has 0 fully saturated rings. The minimum absolute atomic E-state index is 0.0739. The number of benzene rings is 1. The lowest BCUT2D eigenvalue weighted by molar-refractivity contribution is -0.0884. The van der Waals surface area contributed by atoms with Gasteiger partial charge in [0.05, 0.1) is 19.4 Å². The Labute approximate surface area is 209 Å². The Hall–Kier alpha value is -1.35. The van der Waals surface area contributed by atoms with Crippen molar-refractivity contribution in [1.29, 1.82) is 0 Å². The average molecular weight is 514 g/mol. The predicted molar refractivity (Wildman–Crippen MR) is 140 cm³/mol. The minimum atomic E-state index is -2.85. The number of alkyl halides is 2. The zero-order valence-corrected chi connectivity index (χ0v) is 23.5. The molecular weight excluding hydrogens is 472 g/mol. The highest BCUT2D eigenvalue weighted by molar-refractivity contribution is 7.13. The topological polar surface area (TPSA) is 40.6 Å². The zero-order chi connectivity index (χ0) is 25.4. The first-order chi connectivity index (χ1) is 16.0. The van der Waals surface area contributed by atoms with Crippen molar-refractivity contribution in [1.82, 2.24) is 4.98 Å². The van der Waals surface area contributed by atoms with Gasteiger partial charge in [0.1, 0.15) is 17.4 Å². The van der Waals surface area contributed by atoms with Crippen LogP contribution in [0.5, 0.6) is 5.75 Å². The smallest absolute Gasteiger partial charge is 0.271 e. The lowest BCUT2D eigenvalue weighted by atomic mass is 10.1. The van der Waals surface area contributed by atoms with Crippen molar-refractivity contribution in [2.24, 2.45) is 0 Å². The molecule has 2 rings (SSSR count). The molecule has 0 bridgehead atoms. The van der Waals surface area contributed by atoms with Crippen molar-refractivity contribution < 1.29 is 22.7 Å². The summed E-state index contributed by atoms with van der Waals surface area (Å²) in [5.41, 5.74) is 3.08. The summed E-state index contributed by atoms with van der Waals surface area (Å²) >= 11 is 1.46. The van der Waals surface area contributed by atoms with Crippen LogP contribution < -0.4 is 4.74 Å². The predicted octanol–water partition coefficient (Wildman–Crippen LogP) is 8.33. The lowest BCUT2D eigenvalue weighted by Gasteiger charge is -2.42. The molecule has 1 heterocycles. The average Bonchev–Trinajstić information content (AvgIpc) is 3.24. The van der Waals surface area contributed by atoms with E-state index in [0.717, 1.165) is 16.3 Å². The third kappa shape index (κ3) is 7.83. The molecule has 192 valence electrons. The summed E-state index contributed by atoms with van der Waals surface area (Å²) in [6.07, 6.45) is 0.875. The van der Waals surface area contributed by atoms with Gasteiger partial charge in [-0.3, -0.25) is 0 Å². The van der Waals surface area contributed by atoms with E-state index in [1.165, 1.54) is 11.3 Å². The van der Waals surface area contributed by atoms with Crippen molar-refractivity contribution in [3.63, 3.8) is 0 Å². The molecule has 2 aromatic rings. The largest absolute Gasteiger partial charge is 0.497 e. The number of rotatable bonds is 15. The first-order valence-electron chi connectivity index (χ1n) is 12.2. The van der Waals surface area contributed by atoms with E-state index in [1.807, 2.05) is 29.6 Å². The molecule has 0 spiro atoms. The first-order valence-corrected chi connectivity index (χ1v) is 15.2. The molecule has 0 saturated carbocycles. The van der Waals surface area contributed by atoms with Gasteiger partial charge < -0.3 is 13.9 Å². The highest BCUT2D eigenvalue weighted by Gasteiger charge is 2.44. The van der Waals surface area contributed by atoms with Gasteiger partial charge in [0.15, 0.2) is 8.32 Å². The number of methoxy groups -OCH3 is 1. The summed E-state index contributed by atoms with van der Waals surface area (Å²) < 4.78 is 45.7. The second-order valence-corrected chi connectivity index (χ2v) is 16.2. The van der Waals surface area contributed by atoms with E-state index in [1.54, 1.807) is 7.11 Å². The molecule has 0 aliphatic carbocycles. The van der Waals surface area contributed by atoms with Crippen LogP contribution in [-0.4, -0.2) is 39.5 Å². The monoisotopic (exact) mass is 513 g/mol. The summed E-state index contributed by atoms with van der Waals surface area (Å²) in [5.74, 6) is -2.10. The van der Waals surface area contributed by atoms with Crippen LogP contribution in [0.3, 0.4) is 0 Å². The number of nitrogens with zero attached hydrogens (tertiary/aromatic N) is 1. The van der Waals surface area contributed by atoms with Gasteiger partial charge in [-0.2, -0.15) is 0 Å². The summed E-state index contributed by atoms with van der Waals surface area (Å²) in [4.78, 5) is 4.51. The number of hydrogen-bond acceptors (Lipinski definition) is 5. The maximum Gasteiger partial charge on any atom is 0.271 e. The standard InChI is InChI=1S/C26H41F2NO3SSi/c1-19(2)34(20(3)4,21(5)6)32-14-9-8-13-26(27,28)18-31-16-23-17-33-25(29-23)22-11-10-12-24(15-22)30-7/h10-12,15,17,19-21H,8-9,13-14,16,18H2,1-7H3. The third-order valence-electron chi connectivity index (χ3n) is 6.43. The maximum atomic E-state index is 14.3. The Kier molecular flexibility index (Phi) is 11.1. The Morgan fingerprint density at radius 2 is 1.71 bits per heavy atom. The highest BCUT2D eigenvalue weighted by Crippen LogP contribution is 2.42. The molecule has 0 N–H and O–H groups in total. The zero-order valence-electron chi connectivity index (χ0n) is 21.7. The van der Waals surface area contributed by atoms with Gasteiger partial charge in [0.25, 0.3) is 5.92 Å². The fraction of sp³-hybridized carbons (Fsp3) is 0.654. The summed E-state index contributed by atoms with van der Waals surface area (Å²) in [7, 11) is -0.319. The van der Waals surface area contributed by atoms with Gasteiger partial charge in [0.2, 0.25) is 0 Å². The third-order valence-corrected chi connectivity index (χ3v) is 13.5. The van der Waals surface area contributed by atoms with Gasteiger partial charge >= 0.3 is 0 Å². The maximum absolute atomic E-state index is 14.3. The molecule has 8 heteroatoms. The van der Waals surface area contributed by atoms with Crippen molar-refractivity contribution >= 4 is 19.7 Å². The Bertz CT molecular complexity index is 851. The van der Waals surface area contributed by atoms with Crippen LogP contribution in [-0.2, 0) is 15.8 Å². The summed E-state index contributed by atoms with van der Waals surface area (Å²) in [6, 6.07) is 7.61. The molecule has 0 saturated heterocycles. The van der Waals surface area contributed by atoms with Crippen molar-refractivity contribution in [3.8, 4) is 16.3 Å². The Morgan fingerprint density at radius 3 is 2.32 bits per heavy atom. The van der Waals surface area contributed by atoms with Gasteiger partial charge in [-0.15, -0.1) is 11.3 Å². The van der Waals surface area contributed by atoms with Gasteiger partial charge in [-0.05, 0) is 41.6 Å². The minimum Gasteiger partial charge on any atom is -0.497 e. The molecule has 0 unspecified atom stereocenters. The SMILES string of the molecule is COc1cccc(-c2nc(COCC(F)(F)CCCCO[Si](C(C)C)(C(C)C)C(C)C)cs2)c1. The van der Waals surface area contributed by atoms with E-state index in [2.05, 4.69) is 46.5 Å². The molecule has 0 radical (unpaired) electrons. The van der Waals surface area contributed by atoms with Crippen LogP contribution in [0.4, 0.5) is 8.78 Å². The number of halogens is 2. The molecule has 1 aromatic heterocycles. The number of aromatic nitrogens is 1. The first kappa shape index (κ1) is 28.9. The highest BCUT2D eigenvalue weighted by atomic mass is 32.1. The second-order valence-electron chi connectivity index (χ2n) is 9.85. The number of thiazole rings is 1. The van der Waals surface area contributed by atoms with E-state index in [9.17, 15) is 8.78 Å². The molecule has 0 aliphatic heterocycles. The van der Waals surface area contributed by atoms with E-state index in [4.69, 9.17) is 13.9 Å². The lowest BCUT2D eigenvalue weighted by Crippen LogP contribution is -2.48. The summed E-state index contributed by atoms with van der Waals surface area (Å²) in [6.45, 7) is 13.5. The van der Waals surface area contributed by atoms with Crippen LogP contribution in [0, 0.1) is 0 Å². The number of hydrogen-bond donors (Lipinski definition) is 0. The van der Waals surface area contributed by atoms with Crippen LogP contribution in [0.1, 0.15) is 66.5 Å². The van der Waals surface area contributed by atoms with Crippen LogP contribution in [0.2, 0.25) is 16.6 Å². The van der Waals surface area contributed by atoms with E-state index < -0.39 is 20.8 Å². The second kappa shape index (κ2) is 13.1. The molecular formula is C26H41F2NO3SSi. The van der Waals surface area contributed by atoms with Gasteiger partial charge in [-0.25, -0.2) is 13.8 Å². The Balaban J connectivity index is 1.75.